The molecular formula is C18H9ClO5. The van der Waals surface area contributed by atoms with E-state index in [0.29, 0.717) is 21.6 Å². The van der Waals surface area contributed by atoms with E-state index in [2.05, 4.69) is 0 Å². The third kappa shape index (κ3) is 2.26. The van der Waals surface area contributed by atoms with Crippen molar-refractivity contribution in [2.75, 3.05) is 0 Å². The Kier molecular flexibility index (Phi) is 3.18. The highest BCUT2D eigenvalue weighted by molar-refractivity contribution is 6.31. The van der Waals surface area contributed by atoms with E-state index in [1.165, 1.54) is 36.6 Å². The number of carbonyl (C=O) groups is 1. The number of phenols is 1. The van der Waals surface area contributed by atoms with Crippen molar-refractivity contribution in [3.05, 3.63) is 74.8 Å². The van der Waals surface area contributed by atoms with Crippen molar-refractivity contribution in [1.82, 2.24) is 0 Å². The second-order valence-corrected chi connectivity index (χ2v) is 5.72. The largest absolute Gasteiger partial charge is 0.508 e. The van der Waals surface area contributed by atoms with Crippen LogP contribution in [-0.2, 0) is 0 Å². The lowest BCUT2D eigenvalue weighted by atomic mass is 10.1. The van der Waals surface area contributed by atoms with Crippen molar-refractivity contribution >= 4 is 34.4 Å². The van der Waals surface area contributed by atoms with Gasteiger partial charge in [0.05, 0.1) is 16.5 Å². The maximum Gasteiger partial charge on any atom is 0.231 e. The molecular weight excluding hydrogens is 332 g/mol. The van der Waals surface area contributed by atoms with Crippen LogP contribution in [0.15, 0.2) is 57.6 Å². The number of hydrogen-bond acceptors (Lipinski definition) is 5. The van der Waals surface area contributed by atoms with E-state index in [1.54, 1.807) is 12.1 Å². The lowest BCUT2D eigenvalue weighted by Gasteiger charge is -2.01. The minimum absolute atomic E-state index is 0.00993. The summed E-state index contributed by atoms with van der Waals surface area (Å²) in [5.41, 5.74) is 0.581. The molecule has 118 valence electrons. The molecule has 1 aliphatic rings. The molecule has 0 aliphatic carbocycles. The van der Waals surface area contributed by atoms with Crippen molar-refractivity contribution < 1.29 is 19.1 Å². The van der Waals surface area contributed by atoms with Gasteiger partial charge in [0.2, 0.25) is 5.78 Å². The first-order valence-corrected chi connectivity index (χ1v) is 7.39. The third-order valence-corrected chi connectivity index (χ3v) is 3.94. The zero-order chi connectivity index (χ0) is 16.8. The number of halogens is 1. The standard InChI is InChI=1S/C18H9ClO5/c19-10-1-4-14-13(6-10)17(21)9(8-23-14)5-16-18(22)12-3-2-11(20)7-15(12)24-16/h1-8,20H/b16-5-. The first-order valence-electron chi connectivity index (χ1n) is 7.01. The number of benzene rings is 2. The van der Waals surface area contributed by atoms with Crippen LogP contribution < -0.4 is 10.2 Å². The average Bonchev–Trinajstić information content (AvgIpc) is 2.86. The number of ketones is 1. The zero-order valence-corrected chi connectivity index (χ0v) is 12.8. The number of allylic oxidation sites excluding steroid dienone is 1. The summed E-state index contributed by atoms with van der Waals surface area (Å²) in [7, 11) is 0. The molecule has 0 saturated carbocycles. The number of aromatic hydroxyl groups is 1. The number of hydrogen-bond donors (Lipinski definition) is 1. The van der Waals surface area contributed by atoms with E-state index in [4.69, 9.17) is 20.8 Å². The molecule has 24 heavy (non-hydrogen) atoms. The normalized spacial score (nSPS) is 14.9. The van der Waals surface area contributed by atoms with Gasteiger partial charge in [-0.2, -0.15) is 0 Å². The van der Waals surface area contributed by atoms with Crippen LogP contribution in [0.3, 0.4) is 0 Å². The van der Waals surface area contributed by atoms with Gasteiger partial charge in [0, 0.05) is 11.1 Å². The van der Waals surface area contributed by atoms with Crippen molar-refractivity contribution in [3.8, 4) is 11.5 Å². The van der Waals surface area contributed by atoms with Crippen molar-refractivity contribution in [2.24, 2.45) is 0 Å². The maximum absolute atomic E-state index is 12.5. The van der Waals surface area contributed by atoms with Crippen molar-refractivity contribution in [2.45, 2.75) is 0 Å². The molecule has 0 fully saturated rings. The van der Waals surface area contributed by atoms with Crippen LogP contribution in [0.4, 0.5) is 0 Å². The Morgan fingerprint density at radius 3 is 2.75 bits per heavy atom. The number of ether oxygens (including phenoxy) is 1. The Hall–Kier alpha value is -3.05. The highest BCUT2D eigenvalue weighted by Crippen LogP contribution is 2.34. The summed E-state index contributed by atoms with van der Waals surface area (Å²) < 4.78 is 10.8. The van der Waals surface area contributed by atoms with Crippen LogP contribution >= 0.6 is 11.6 Å². The van der Waals surface area contributed by atoms with E-state index in [-0.39, 0.29) is 34.0 Å². The number of Topliss-reactive ketones (excluding diaryl/α,β-unsaturated/α-hetero) is 1. The van der Waals surface area contributed by atoms with E-state index in [1.807, 2.05) is 0 Å². The molecule has 0 bridgehead atoms. The van der Waals surface area contributed by atoms with Crippen LogP contribution in [-0.4, -0.2) is 10.9 Å². The predicted molar refractivity (Wildman–Crippen MR) is 88.5 cm³/mol. The molecule has 0 unspecified atom stereocenters. The molecule has 6 heteroatoms. The number of carbonyl (C=O) groups excluding carboxylic acids is 1. The fraction of sp³-hybridized carbons (Fsp3) is 0. The SMILES string of the molecule is O=C1/C(=C/c2coc3ccc(Cl)cc3c2=O)Oc2cc(O)ccc21. The number of rotatable bonds is 1. The molecule has 4 rings (SSSR count). The molecule has 3 aromatic rings. The molecule has 0 atom stereocenters. The molecule has 2 heterocycles. The van der Waals surface area contributed by atoms with Crippen LogP contribution in [0, 0.1) is 0 Å². The van der Waals surface area contributed by atoms with Crippen molar-refractivity contribution in [3.63, 3.8) is 0 Å². The monoisotopic (exact) mass is 340 g/mol. The minimum Gasteiger partial charge on any atom is -0.508 e. The summed E-state index contributed by atoms with van der Waals surface area (Å²) in [4.78, 5) is 24.8. The quantitative estimate of drug-likeness (QED) is 0.682. The smallest absolute Gasteiger partial charge is 0.231 e. The Labute approximate surface area is 140 Å². The van der Waals surface area contributed by atoms with Gasteiger partial charge in [-0.05, 0) is 36.4 Å². The second kappa shape index (κ2) is 5.25. The van der Waals surface area contributed by atoms with Gasteiger partial charge in [-0.15, -0.1) is 0 Å². The summed E-state index contributed by atoms with van der Waals surface area (Å²) in [6.45, 7) is 0. The van der Waals surface area contributed by atoms with Gasteiger partial charge in [-0.25, -0.2) is 0 Å². The van der Waals surface area contributed by atoms with Gasteiger partial charge in [0.1, 0.15) is 23.3 Å². The Morgan fingerprint density at radius 1 is 1.08 bits per heavy atom. The van der Waals surface area contributed by atoms with Gasteiger partial charge in [-0.3, -0.25) is 9.59 Å². The third-order valence-electron chi connectivity index (χ3n) is 3.70. The minimum atomic E-state index is -0.365. The molecule has 1 aliphatic heterocycles. The number of fused-ring (bicyclic) bond motifs is 2. The molecule has 0 saturated heterocycles. The van der Waals surface area contributed by atoms with E-state index in [0.717, 1.165) is 0 Å². The highest BCUT2D eigenvalue weighted by atomic mass is 35.5. The molecule has 0 spiro atoms. The van der Waals surface area contributed by atoms with Crippen molar-refractivity contribution in [1.29, 1.82) is 0 Å². The van der Waals surface area contributed by atoms with E-state index in [9.17, 15) is 14.7 Å². The van der Waals surface area contributed by atoms with Crippen LogP contribution in [0.2, 0.25) is 5.02 Å². The molecule has 2 aromatic carbocycles. The van der Waals surface area contributed by atoms with Crippen LogP contribution in [0.5, 0.6) is 11.5 Å². The Balaban J connectivity index is 1.82. The summed E-state index contributed by atoms with van der Waals surface area (Å²) >= 11 is 5.91. The van der Waals surface area contributed by atoms with Gasteiger partial charge in [0.25, 0.3) is 0 Å². The zero-order valence-electron chi connectivity index (χ0n) is 12.1. The highest BCUT2D eigenvalue weighted by Gasteiger charge is 2.28. The van der Waals surface area contributed by atoms with Gasteiger partial charge < -0.3 is 14.3 Å². The molecule has 5 nitrogen and oxygen atoms in total. The average molecular weight is 341 g/mol. The fourth-order valence-electron chi connectivity index (χ4n) is 2.53. The summed E-state index contributed by atoms with van der Waals surface area (Å²) in [5, 5.41) is 10.2. The van der Waals surface area contributed by atoms with Crippen LogP contribution in [0.1, 0.15) is 15.9 Å². The van der Waals surface area contributed by atoms with Crippen LogP contribution in [0.25, 0.3) is 17.0 Å². The summed E-state index contributed by atoms with van der Waals surface area (Å²) in [6.07, 6.45) is 2.59. The Bertz CT molecular complexity index is 1090. The fourth-order valence-corrected chi connectivity index (χ4v) is 2.71. The predicted octanol–water partition coefficient (Wildman–Crippen LogP) is 3.77. The molecule has 1 N–H and O–H groups in total. The van der Waals surface area contributed by atoms with Gasteiger partial charge in [0.15, 0.2) is 11.2 Å². The second-order valence-electron chi connectivity index (χ2n) is 5.28. The molecule has 0 amide bonds. The molecule has 0 radical (unpaired) electrons. The van der Waals surface area contributed by atoms with Gasteiger partial charge >= 0.3 is 0 Å². The number of phenolic OH excluding ortho intramolecular Hbond substituents is 1. The van der Waals surface area contributed by atoms with E-state index >= 15 is 0 Å². The summed E-state index contributed by atoms with van der Waals surface area (Å²) in [5.74, 6) is -0.137. The first kappa shape index (κ1) is 14.5. The van der Waals surface area contributed by atoms with E-state index < -0.39 is 0 Å². The maximum atomic E-state index is 12.5. The Morgan fingerprint density at radius 2 is 1.92 bits per heavy atom. The topological polar surface area (TPSA) is 76.7 Å². The molecule has 1 aromatic heterocycles. The lowest BCUT2D eigenvalue weighted by molar-refractivity contribution is 0.101. The summed E-state index contributed by atoms with van der Waals surface area (Å²) in [6, 6.07) is 8.95. The first-order chi connectivity index (χ1) is 11.5. The lowest BCUT2D eigenvalue weighted by Crippen LogP contribution is -2.07. The van der Waals surface area contributed by atoms with Gasteiger partial charge in [-0.1, -0.05) is 11.6 Å².